The Morgan fingerprint density at radius 1 is 1.26 bits per heavy atom. The van der Waals surface area contributed by atoms with Gasteiger partial charge < -0.3 is 25.4 Å². The van der Waals surface area contributed by atoms with E-state index in [0.29, 0.717) is 16.8 Å². The van der Waals surface area contributed by atoms with E-state index in [9.17, 15) is 14.7 Å². The number of aromatic amines is 1. The molecule has 1 fully saturated rings. The number of anilines is 3. The molecule has 1 saturated heterocycles. The third kappa shape index (κ3) is 3.99. The molecular formula is C22H24N8O4. The zero-order valence-electron chi connectivity index (χ0n) is 18.5. The van der Waals surface area contributed by atoms with Gasteiger partial charge in [0.2, 0.25) is 5.82 Å². The van der Waals surface area contributed by atoms with Crippen LogP contribution in [0.5, 0.6) is 11.5 Å². The van der Waals surface area contributed by atoms with Crippen molar-refractivity contribution in [2.45, 2.75) is 13.0 Å². The Bertz CT molecular complexity index is 1240. The molecule has 2 aliphatic rings. The van der Waals surface area contributed by atoms with Gasteiger partial charge in [0.15, 0.2) is 11.5 Å². The number of nitrogens with one attached hydrogen (secondary N) is 3. The number of phenols is 1. The third-order valence-electron chi connectivity index (χ3n) is 5.87. The number of phenolic OH excluding ortho intramolecular Hbond substituents is 1. The molecule has 34 heavy (non-hydrogen) atoms. The van der Waals surface area contributed by atoms with Crippen LogP contribution in [0.1, 0.15) is 33.0 Å². The molecule has 2 aromatic heterocycles. The molecule has 2 amide bonds. The van der Waals surface area contributed by atoms with Crippen molar-refractivity contribution < 1.29 is 19.4 Å². The molecule has 0 unspecified atom stereocenters. The van der Waals surface area contributed by atoms with Gasteiger partial charge in [0.1, 0.15) is 0 Å². The number of carbonyl (C=O) groups is 2. The van der Waals surface area contributed by atoms with Crippen molar-refractivity contribution in [3.63, 3.8) is 0 Å². The first-order valence-electron chi connectivity index (χ1n) is 10.9. The van der Waals surface area contributed by atoms with Crippen molar-refractivity contribution in [1.29, 1.82) is 0 Å². The van der Waals surface area contributed by atoms with Gasteiger partial charge in [-0.1, -0.05) is 0 Å². The second-order valence-electron chi connectivity index (χ2n) is 7.99. The number of aromatic nitrogens is 4. The Hall–Kier alpha value is -4.19. The topological polar surface area (TPSA) is 149 Å². The fourth-order valence-corrected chi connectivity index (χ4v) is 4.16. The summed E-state index contributed by atoms with van der Waals surface area (Å²) in [5.74, 6) is -0.691. The van der Waals surface area contributed by atoms with E-state index in [1.165, 1.54) is 18.1 Å². The Kier molecular flexibility index (Phi) is 5.72. The highest BCUT2D eigenvalue weighted by Gasteiger charge is 2.33. The molecule has 0 radical (unpaired) electrons. The number of carbonyl (C=O) groups excluding carboxylic acids is 2. The number of nitrogens with zero attached hydrogens (tertiary/aromatic N) is 5. The monoisotopic (exact) mass is 464 g/mol. The molecule has 12 heteroatoms. The lowest BCUT2D eigenvalue weighted by atomic mass is 10.1. The van der Waals surface area contributed by atoms with Gasteiger partial charge in [0.25, 0.3) is 17.8 Å². The average Bonchev–Trinajstić information content (AvgIpc) is 3.34. The SMILES string of the molecule is COc1cc2c(cc1O)C(=O)N(c1n[nH]c(C(=O)Nc3cnccc3N3CCCNCC3)n1)C2. The first-order chi connectivity index (χ1) is 16.5. The number of aromatic hydroxyl groups is 1. The molecule has 1 aromatic carbocycles. The smallest absolute Gasteiger partial charge is 0.293 e. The van der Waals surface area contributed by atoms with Gasteiger partial charge in [-0.15, -0.1) is 5.10 Å². The third-order valence-corrected chi connectivity index (χ3v) is 5.87. The van der Waals surface area contributed by atoms with Crippen LogP contribution in [0.3, 0.4) is 0 Å². The highest BCUT2D eigenvalue weighted by molar-refractivity contribution is 6.10. The lowest BCUT2D eigenvalue weighted by Gasteiger charge is -2.24. The first-order valence-corrected chi connectivity index (χ1v) is 10.9. The van der Waals surface area contributed by atoms with E-state index in [1.54, 1.807) is 18.5 Å². The van der Waals surface area contributed by atoms with Crippen LogP contribution >= 0.6 is 0 Å². The Balaban J connectivity index is 1.33. The maximum absolute atomic E-state index is 12.9. The summed E-state index contributed by atoms with van der Waals surface area (Å²) in [7, 11) is 1.44. The molecule has 2 aliphatic heterocycles. The van der Waals surface area contributed by atoms with Crippen LogP contribution in [0.4, 0.5) is 17.3 Å². The number of amides is 2. The van der Waals surface area contributed by atoms with Gasteiger partial charge >= 0.3 is 0 Å². The van der Waals surface area contributed by atoms with Crippen LogP contribution in [-0.4, -0.2) is 70.4 Å². The fraction of sp³-hybridized carbons (Fsp3) is 0.318. The zero-order chi connectivity index (χ0) is 23.7. The Morgan fingerprint density at radius 3 is 3.00 bits per heavy atom. The molecule has 4 N–H and O–H groups in total. The van der Waals surface area contributed by atoms with E-state index in [0.717, 1.165) is 38.3 Å². The summed E-state index contributed by atoms with van der Waals surface area (Å²) in [5, 5.41) is 22.9. The summed E-state index contributed by atoms with van der Waals surface area (Å²) in [6.07, 6.45) is 4.29. The molecule has 5 rings (SSSR count). The summed E-state index contributed by atoms with van der Waals surface area (Å²) < 4.78 is 5.12. The van der Waals surface area contributed by atoms with Gasteiger partial charge in [-0.25, -0.2) is 0 Å². The summed E-state index contributed by atoms with van der Waals surface area (Å²) in [4.78, 5) is 37.7. The molecule has 0 atom stereocenters. The number of methoxy groups -OCH3 is 1. The van der Waals surface area contributed by atoms with Crippen LogP contribution in [-0.2, 0) is 6.54 Å². The van der Waals surface area contributed by atoms with Crippen LogP contribution in [0.2, 0.25) is 0 Å². The molecule has 0 saturated carbocycles. The normalized spacial score (nSPS) is 15.7. The zero-order valence-corrected chi connectivity index (χ0v) is 18.5. The van der Waals surface area contributed by atoms with Gasteiger partial charge in [-0.2, -0.15) is 4.98 Å². The van der Waals surface area contributed by atoms with Gasteiger partial charge in [-0.3, -0.25) is 24.6 Å². The van der Waals surface area contributed by atoms with Gasteiger partial charge in [0, 0.05) is 31.4 Å². The standard InChI is InChI=1S/C22H24N8O4/c1-34-18-9-13-12-30(21(33)14(13)10-17(18)31)22-26-19(27-28-22)20(32)25-15-11-24-5-3-16(15)29-7-2-4-23-6-8-29/h3,5,9-11,23,31H,2,4,6-8,12H2,1H3,(H,25,32)(H,26,27,28). The summed E-state index contributed by atoms with van der Waals surface area (Å²) in [5.41, 5.74) is 2.45. The molecule has 0 aliphatic carbocycles. The number of fused-ring (bicyclic) bond motifs is 1. The quantitative estimate of drug-likeness (QED) is 0.436. The largest absolute Gasteiger partial charge is 0.504 e. The minimum atomic E-state index is -0.496. The summed E-state index contributed by atoms with van der Waals surface area (Å²) in [6.45, 7) is 3.69. The Morgan fingerprint density at radius 2 is 2.15 bits per heavy atom. The minimum absolute atomic E-state index is 0.0356. The number of pyridine rings is 1. The number of H-pyrrole nitrogens is 1. The number of hydrogen-bond donors (Lipinski definition) is 4. The number of benzene rings is 1. The Labute approximate surface area is 195 Å². The maximum Gasteiger partial charge on any atom is 0.293 e. The summed E-state index contributed by atoms with van der Waals surface area (Å²) >= 11 is 0. The number of ether oxygens (including phenoxy) is 1. The minimum Gasteiger partial charge on any atom is -0.504 e. The van der Waals surface area contributed by atoms with Crippen LogP contribution < -0.4 is 25.2 Å². The van der Waals surface area contributed by atoms with Crippen molar-refractivity contribution in [2.24, 2.45) is 0 Å². The van der Waals surface area contributed by atoms with E-state index >= 15 is 0 Å². The molecule has 176 valence electrons. The van der Waals surface area contributed by atoms with Crippen molar-refractivity contribution in [1.82, 2.24) is 25.5 Å². The van der Waals surface area contributed by atoms with E-state index in [4.69, 9.17) is 4.74 Å². The molecule has 4 heterocycles. The van der Waals surface area contributed by atoms with Crippen LogP contribution in [0.15, 0.2) is 30.6 Å². The van der Waals surface area contributed by atoms with E-state index < -0.39 is 5.91 Å². The fourth-order valence-electron chi connectivity index (χ4n) is 4.16. The van der Waals surface area contributed by atoms with Crippen molar-refractivity contribution in [2.75, 3.05) is 48.4 Å². The number of hydrogen-bond acceptors (Lipinski definition) is 9. The lowest BCUT2D eigenvalue weighted by molar-refractivity contribution is 0.0990. The van der Waals surface area contributed by atoms with Crippen molar-refractivity contribution >= 4 is 29.1 Å². The number of rotatable bonds is 5. The predicted molar refractivity (Wildman–Crippen MR) is 123 cm³/mol. The second kappa shape index (κ2) is 8.98. The van der Waals surface area contributed by atoms with Crippen molar-refractivity contribution in [3.05, 3.63) is 47.5 Å². The highest BCUT2D eigenvalue weighted by Crippen LogP contribution is 2.35. The first kappa shape index (κ1) is 21.6. The van der Waals surface area contributed by atoms with Crippen LogP contribution in [0.25, 0.3) is 0 Å². The van der Waals surface area contributed by atoms with Gasteiger partial charge in [-0.05, 0) is 36.7 Å². The van der Waals surface area contributed by atoms with E-state index in [-0.39, 0.29) is 35.7 Å². The predicted octanol–water partition coefficient (Wildman–Crippen LogP) is 1.13. The van der Waals surface area contributed by atoms with Crippen LogP contribution in [0, 0.1) is 0 Å². The van der Waals surface area contributed by atoms with E-state index in [1.807, 2.05) is 6.07 Å². The van der Waals surface area contributed by atoms with Crippen molar-refractivity contribution in [3.8, 4) is 11.5 Å². The molecular weight excluding hydrogens is 440 g/mol. The van der Waals surface area contributed by atoms with Gasteiger partial charge in [0.05, 0.1) is 31.2 Å². The highest BCUT2D eigenvalue weighted by atomic mass is 16.5. The second-order valence-corrected chi connectivity index (χ2v) is 7.99. The molecule has 12 nitrogen and oxygen atoms in total. The molecule has 0 bridgehead atoms. The summed E-state index contributed by atoms with van der Waals surface area (Å²) in [6, 6.07) is 4.83. The molecule has 3 aromatic rings. The lowest BCUT2D eigenvalue weighted by Crippen LogP contribution is -2.29. The maximum atomic E-state index is 12.9. The average molecular weight is 464 g/mol. The molecule has 0 spiro atoms. The van der Waals surface area contributed by atoms with E-state index in [2.05, 4.69) is 35.7 Å².